The number of hydrogen-bond donors (Lipinski definition) is 0. The molecule has 7 rings (SSSR count). The van der Waals surface area contributed by atoms with Crippen LogP contribution in [0.3, 0.4) is 0 Å². The highest BCUT2D eigenvalue weighted by Crippen LogP contribution is 2.53. The monoisotopic (exact) mass is 440 g/mol. The molecule has 5 heteroatoms. The average molecular weight is 441 g/mol. The zero-order chi connectivity index (χ0) is 21.8. The summed E-state index contributed by atoms with van der Waals surface area (Å²) in [6.45, 7) is 6.85. The van der Waals surface area contributed by atoms with Crippen LogP contribution in [0.4, 0.5) is 11.4 Å². The van der Waals surface area contributed by atoms with E-state index >= 15 is 0 Å². The second-order valence-corrected chi connectivity index (χ2v) is 9.56. The normalized spacial score (nSPS) is 22.7. The maximum atomic E-state index is 6.28. The van der Waals surface area contributed by atoms with Gasteiger partial charge >= 0.3 is 0 Å². The molecule has 0 bridgehead atoms. The first-order chi connectivity index (χ1) is 16.3. The highest BCUT2D eigenvalue weighted by molar-refractivity contribution is 5.70. The highest BCUT2D eigenvalue weighted by Gasteiger charge is 2.50. The summed E-state index contributed by atoms with van der Waals surface area (Å²) in [6.07, 6.45) is 0.986. The molecule has 0 amide bonds. The quantitative estimate of drug-likeness (QED) is 0.611. The number of morpholine rings is 1. The Balaban J connectivity index is 1.20. The number of para-hydroxylation sites is 1. The van der Waals surface area contributed by atoms with E-state index in [2.05, 4.69) is 70.5 Å². The number of ether oxygens (including phenoxy) is 3. The predicted octanol–water partition coefficient (Wildman–Crippen LogP) is 4.16. The van der Waals surface area contributed by atoms with Crippen LogP contribution in [0, 0.1) is 0 Å². The summed E-state index contributed by atoms with van der Waals surface area (Å²) in [4.78, 5) is 4.93. The molecule has 33 heavy (non-hydrogen) atoms. The van der Waals surface area contributed by atoms with Gasteiger partial charge in [-0.25, -0.2) is 0 Å². The lowest BCUT2D eigenvalue weighted by atomic mass is 9.77. The van der Waals surface area contributed by atoms with Crippen molar-refractivity contribution in [2.24, 2.45) is 0 Å². The maximum Gasteiger partial charge on any atom is 0.127 e. The Hall–Kier alpha value is -3.18. The van der Waals surface area contributed by atoms with Gasteiger partial charge in [-0.3, -0.25) is 0 Å². The van der Waals surface area contributed by atoms with Crippen LogP contribution in [0.15, 0.2) is 60.7 Å². The zero-order valence-corrected chi connectivity index (χ0v) is 18.8. The molecular formula is C28H28N2O3. The van der Waals surface area contributed by atoms with E-state index in [0.717, 1.165) is 63.9 Å². The van der Waals surface area contributed by atoms with Crippen molar-refractivity contribution in [3.8, 4) is 11.5 Å². The van der Waals surface area contributed by atoms with Crippen LogP contribution in [-0.4, -0.2) is 46.1 Å². The van der Waals surface area contributed by atoms with Gasteiger partial charge in [-0.05, 0) is 41.0 Å². The fourth-order valence-electron chi connectivity index (χ4n) is 5.98. The van der Waals surface area contributed by atoms with Crippen LogP contribution in [0.25, 0.3) is 0 Å². The third-order valence-electron chi connectivity index (χ3n) is 7.69. The topological polar surface area (TPSA) is 34.2 Å². The van der Waals surface area contributed by atoms with E-state index < -0.39 is 0 Å². The first-order valence-corrected chi connectivity index (χ1v) is 12.0. The molecule has 0 saturated carbocycles. The van der Waals surface area contributed by atoms with Crippen molar-refractivity contribution >= 4 is 11.4 Å². The van der Waals surface area contributed by atoms with Crippen LogP contribution in [0.5, 0.6) is 11.5 Å². The Kier molecular flexibility index (Phi) is 4.34. The molecule has 0 radical (unpaired) electrons. The molecule has 3 aromatic rings. The van der Waals surface area contributed by atoms with E-state index in [1.54, 1.807) is 0 Å². The second-order valence-electron chi connectivity index (χ2n) is 9.56. The summed E-state index contributed by atoms with van der Waals surface area (Å²) in [5, 5.41) is 0. The molecular weight excluding hydrogens is 412 g/mol. The summed E-state index contributed by atoms with van der Waals surface area (Å²) >= 11 is 0. The zero-order valence-electron chi connectivity index (χ0n) is 18.8. The first-order valence-electron chi connectivity index (χ1n) is 12.0. The van der Waals surface area contributed by atoms with Gasteiger partial charge in [-0.2, -0.15) is 0 Å². The Morgan fingerprint density at radius 2 is 1.67 bits per heavy atom. The molecule has 4 aliphatic rings. The van der Waals surface area contributed by atoms with Crippen LogP contribution >= 0.6 is 0 Å². The van der Waals surface area contributed by atoms with Gasteiger partial charge in [0.15, 0.2) is 0 Å². The van der Waals surface area contributed by atoms with Crippen molar-refractivity contribution in [2.75, 3.05) is 55.9 Å². The number of hydrogen-bond acceptors (Lipinski definition) is 5. The Morgan fingerprint density at radius 1 is 0.818 bits per heavy atom. The van der Waals surface area contributed by atoms with E-state index in [1.807, 2.05) is 0 Å². The standard InChI is InChI=1S/C28H28N2O3/c1-2-4-25-23(3-1)28(19-33-27-16-26-21(9-12-32-26)15-24(27)28)18-30(25)17-20-5-7-22(8-6-20)29-10-13-31-14-11-29/h1-8,15-16H,9-14,17-19H2. The van der Waals surface area contributed by atoms with Crippen LogP contribution in [0.1, 0.15) is 22.3 Å². The van der Waals surface area contributed by atoms with Gasteiger partial charge in [-0.15, -0.1) is 0 Å². The fraction of sp³-hybridized carbons (Fsp3) is 0.357. The van der Waals surface area contributed by atoms with Gasteiger partial charge in [0.25, 0.3) is 0 Å². The average Bonchev–Trinajstić information content (AvgIpc) is 3.56. The van der Waals surface area contributed by atoms with Crippen LogP contribution in [-0.2, 0) is 23.1 Å². The number of benzene rings is 3. The molecule has 0 aliphatic carbocycles. The Bertz CT molecular complexity index is 1200. The molecule has 1 unspecified atom stereocenters. The van der Waals surface area contributed by atoms with Gasteiger partial charge in [0, 0.05) is 55.6 Å². The van der Waals surface area contributed by atoms with Gasteiger partial charge < -0.3 is 24.0 Å². The molecule has 1 atom stereocenters. The predicted molar refractivity (Wildman–Crippen MR) is 129 cm³/mol. The number of nitrogens with zero attached hydrogens (tertiary/aromatic N) is 2. The van der Waals surface area contributed by atoms with E-state index in [-0.39, 0.29) is 5.41 Å². The van der Waals surface area contributed by atoms with Crippen molar-refractivity contribution in [3.63, 3.8) is 0 Å². The van der Waals surface area contributed by atoms with Crippen molar-refractivity contribution in [2.45, 2.75) is 18.4 Å². The number of anilines is 2. The van der Waals surface area contributed by atoms with E-state index in [4.69, 9.17) is 14.2 Å². The number of fused-ring (bicyclic) bond motifs is 5. The van der Waals surface area contributed by atoms with Gasteiger partial charge in [0.05, 0.1) is 25.2 Å². The molecule has 3 aromatic carbocycles. The van der Waals surface area contributed by atoms with Crippen LogP contribution < -0.4 is 19.3 Å². The summed E-state index contributed by atoms with van der Waals surface area (Å²) in [5.41, 5.74) is 7.85. The van der Waals surface area contributed by atoms with Crippen molar-refractivity contribution < 1.29 is 14.2 Å². The van der Waals surface area contributed by atoms with E-state index in [0.29, 0.717) is 6.61 Å². The van der Waals surface area contributed by atoms with Gasteiger partial charge in [-0.1, -0.05) is 30.3 Å². The molecule has 5 nitrogen and oxygen atoms in total. The first kappa shape index (κ1) is 19.3. The van der Waals surface area contributed by atoms with E-state index in [9.17, 15) is 0 Å². The summed E-state index contributed by atoms with van der Waals surface area (Å²) < 4.78 is 17.6. The molecule has 168 valence electrons. The molecule has 1 saturated heterocycles. The largest absolute Gasteiger partial charge is 0.493 e. The second kappa shape index (κ2) is 7.42. The lowest BCUT2D eigenvalue weighted by Gasteiger charge is -2.29. The molecule has 1 fully saturated rings. The Morgan fingerprint density at radius 3 is 2.55 bits per heavy atom. The summed E-state index contributed by atoms with van der Waals surface area (Å²) in [7, 11) is 0. The third kappa shape index (κ3) is 3.02. The van der Waals surface area contributed by atoms with Gasteiger partial charge in [0.2, 0.25) is 0 Å². The van der Waals surface area contributed by atoms with Crippen molar-refractivity contribution in [3.05, 3.63) is 82.9 Å². The van der Waals surface area contributed by atoms with E-state index in [1.165, 1.54) is 33.6 Å². The molecule has 1 spiro atoms. The summed E-state index contributed by atoms with van der Waals surface area (Å²) in [5.74, 6) is 1.98. The minimum atomic E-state index is -0.114. The minimum absolute atomic E-state index is 0.114. The SMILES string of the molecule is c1ccc2c(c1)N(Cc1ccc(N3CCOCC3)cc1)CC21COc2cc3c(cc21)CCO3. The lowest BCUT2D eigenvalue weighted by Crippen LogP contribution is -2.36. The molecule has 4 heterocycles. The third-order valence-corrected chi connectivity index (χ3v) is 7.69. The van der Waals surface area contributed by atoms with Crippen LogP contribution in [0.2, 0.25) is 0 Å². The van der Waals surface area contributed by atoms with Crippen molar-refractivity contribution in [1.29, 1.82) is 0 Å². The Labute approximate surface area is 194 Å². The molecule has 0 N–H and O–H groups in total. The lowest BCUT2D eigenvalue weighted by molar-refractivity contribution is 0.122. The fourth-order valence-corrected chi connectivity index (χ4v) is 5.98. The van der Waals surface area contributed by atoms with Crippen molar-refractivity contribution in [1.82, 2.24) is 0 Å². The smallest absolute Gasteiger partial charge is 0.127 e. The molecule has 4 aliphatic heterocycles. The summed E-state index contributed by atoms with van der Waals surface area (Å²) in [6, 6.07) is 22.4. The maximum absolute atomic E-state index is 6.28. The molecule has 0 aromatic heterocycles. The highest BCUT2D eigenvalue weighted by atomic mass is 16.5. The minimum Gasteiger partial charge on any atom is -0.493 e. The van der Waals surface area contributed by atoms with Gasteiger partial charge in [0.1, 0.15) is 18.1 Å². The number of rotatable bonds is 3.